The highest BCUT2D eigenvalue weighted by Gasteiger charge is 2.24. The topological polar surface area (TPSA) is 48.5 Å². The minimum Gasteiger partial charge on any atom is -0.309 e. The number of rotatable bonds is 4. The molecule has 0 unspecified atom stereocenters. The first-order chi connectivity index (χ1) is 25.3. The Hall–Kier alpha value is -6.63. The van der Waals surface area contributed by atoms with Crippen LogP contribution in [0.25, 0.3) is 88.8 Å². The first-order valence-electron chi connectivity index (χ1n) is 17.3. The fraction of sp³-hybridized carbons (Fsp3) is 0. The molecule has 0 bridgehead atoms. The highest BCUT2D eigenvalue weighted by atomic mass is 28.2. The maximum atomic E-state index is 5.31. The second-order valence-electron chi connectivity index (χ2n) is 13.3. The third-order valence-corrected chi connectivity index (χ3v) is 12.2. The van der Waals surface area contributed by atoms with Gasteiger partial charge < -0.3 is 9.13 Å². The third kappa shape index (κ3) is 4.30. The molecule has 0 radical (unpaired) electrons. The molecule has 1 aliphatic heterocycles. The van der Waals surface area contributed by atoms with E-state index in [-0.39, 0.29) is 0 Å². The van der Waals surface area contributed by atoms with Crippen LogP contribution >= 0.6 is 0 Å². The fourth-order valence-corrected chi connectivity index (χ4v) is 9.68. The molecular weight excluding hydrogens is 639 g/mol. The van der Waals surface area contributed by atoms with Crippen LogP contribution in [0.15, 0.2) is 164 Å². The lowest BCUT2D eigenvalue weighted by Gasteiger charge is -2.09. The van der Waals surface area contributed by atoms with Crippen LogP contribution < -0.4 is 10.5 Å². The average Bonchev–Trinajstić information content (AvgIpc) is 3.85. The van der Waals surface area contributed by atoms with Crippen molar-refractivity contribution in [3.8, 4) is 45.1 Å². The van der Waals surface area contributed by atoms with Gasteiger partial charge in [0.25, 0.3) is 0 Å². The maximum Gasteiger partial charge on any atom is 0.117 e. The molecule has 0 saturated heterocycles. The Bertz CT molecular complexity index is 2790. The predicted molar refractivity (Wildman–Crippen MR) is 213 cm³/mol. The molecule has 0 amide bonds. The zero-order valence-corrected chi connectivity index (χ0v) is 28.9. The normalized spacial score (nSPS) is 12.7. The fourth-order valence-electron chi connectivity index (χ4n) is 8.06. The Morgan fingerprint density at radius 3 is 1.57 bits per heavy atom. The van der Waals surface area contributed by atoms with Crippen LogP contribution in [-0.4, -0.2) is 33.6 Å². The lowest BCUT2D eigenvalue weighted by Crippen LogP contribution is -2.24. The summed E-state index contributed by atoms with van der Waals surface area (Å²) in [5.74, 6) is 0. The van der Waals surface area contributed by atoms with Crippen molar-refractivity contribution in [1.29, 1.82) is 0 Å². The van der Waals surface area contributed by atoms with E-state index in [0.29, 0.717) is 0 Å². The molecule has 4 aromatic heterocycles. The number of nitrogens with zero attached hydrogens (tertiary/aromatic N) is 5. The second-order valence-corrected chi connectivity index (χ2v) is 15.1. The standard InChI is InChI=1S/C45H29N5Si/c1-3-11-30(12-4-1)49-39-17-9-7-15-32(39)34-23-28(19-21-41(34)49)37-25-36-43(27-46-37)51-45-44(36)48-38(26-47-45)29-20-22-42-35(24-29)33-16-8-10-18-40(33)50(42)31-13-5-2-6-14-31/h1-27H,51H2. The largest absolute Gasteiger partial charge is 0.309 e. The molecule has 5 heterocycles. The van der Waals surface area contributed by atoms with E-state index in [2.05, 4.69) is 167 Å². The molecule has 10 aromatic rings. The van der Waals surface area contributed by atoms with E-state index >= 15 is 0 Å². The van der Waals surface area contributed by atoms with Gasteiger partial charge in [-0.05, 0) is 71.9 Å². The number of fused-ring (bicyclic) bond motifs is 9. The van der Waals surface area contributed by atoms with Gasteiger partial charge in [-0.2, -0.15) is 0 Å². The van der Waals surface area contributed by atoms with E-state index in [1.54, 1.807) is 0 Å². The third-order valence-electron chi connectivity index (χ3n) is 10.4. The summed E-state index contributed by atoms with van der Waals surface area (Å²) in [7, 11) is -0.770. The van der Waals surface area contributed by atoms with Crippen LogP contribution in [0.2, 0.25) is 0 Å². The zero-order valence-electron chi connectivity index (χ0n) is 27.5. The summed E-state index contributed by atoms with van der Waals surface area (Å²) in [4.78, 5) is 15.3. The van der Waals surface area contributed by atoms with Crippen molar-refractivity contribution >= 4 is 63.6 Å². The van der Waals surface area contributed by atoms with Crippen molar-refractivity contribution in [2.24, 2.45) is 0 Å². The van der Waals surface area contributed by atoms with E-state index in [1.165, 1.54) is 54.4 Å². The van der Waals surface area contributed by atoms with Gasteiger partial charge in [0.05, 0.1) is 45.3 Å². The molecule has 6 heteroatoms. The molecule has 0 atom stereocenters. The van der Waals surface area contributed by atoms with Crippen molar-refractivity contribution in [2.75, 3.05) is 0 Å². The molecule has 6 aromatic carbocycles. The summed E-state index contributed by atoms with van der Waals surface area (Å²) in [5, 5.41) is 7.32. The van der Waals surface area contributed by atoms with Crippen LogP contribution in [0.5, 0.6) is 0 Å². The Balaban J connectivity index is 1.01. The summed E-state index contributed by atoms with van der Waals surface area (Å²) in [6, 6.07) is 54.1. The number of hydrogen-bond donors (Lipinski definition) is 0. The van der Waals surface area contributed by atoms with Gasteiger partial charge in [0, 0.05) is 61.1 Å². The molecule has 0 aliphatic carbocycles. The minimum atomic E-state index is -0.770. The van der Waals surface area contributed by atoms with Crippen LogP contribution in [0.3, 0.4) is 0 Å². The zero-order chi connectivity index (χ0) is 33.5. The highest BCUT2D eigenvalue weighted by Crippen LogP contribution is 2.37. The molecular formula is C45H29N5Si. The Kier molecular flexibility index (Phi) is 6.05. The first kappa shape index (κ1) is 28.2. The Morgan fingerprint density at radius 2 is 0.961 bits per heavy atom. The van der Waals surface area contributed by atoms with E-state index in [9.17, 15) is 0 Å². The molecule has 11 rings (SSSR count). The average molecular weight is 668 g/mol. The first-order valence-corrected chi connectivity index (χ1v) is 18.7. The predicted octanol–water partition coefficient (Wildman–Crippen LogP) is 8.50. The summed E-state index contributed by atoms with van der Waals surface area (Å²) in [5.41, 5.74) is 13.3. The van der Waals surface area contributed by atoms with E-state index in [0.717, 1.165) is 44.9 Å². The van der Waals surface area contributed by atoms with Gasteiger partial charge in [0.1, 0.15) is 9.52 Å². The smallest absolute Gasteiger partial charge is 0.117 e. The van der Waals surface area contributed by atoms with Gasteiger partial charge in [0.2, 0.25) is 0 Å². The van der Waals surface area contributed by atoms with E-state index in [1.807, 2.05) is 6.20 Å². The Morgan fingerprint density at radius 1 is 0.431 bits per heavy atom. The second kappa shape index (κ2) is 10.9. The molecule has 0 spiro atoms. The van der Waals surface area contributed by atoms with Crippen molar-refractivity contribution in [1.82, 2.24) is 24.1 Å². The number of para-hydroxylation sites is 4. The summed E-state index contributed by atoms with van der Waals surface area (Å²) >= 11 is 0. The van der Waals surface area contributed by atoms with Crippen molar-refractivity contribution < 1.29 is 0 Å². The molecule has 51 heavy (non-hydrogen) atoms. The van der Waals surface area contributed by atoms with Gasteiger partial charge in [-0.25, -0.2) is 4.98 Å². The molecule has 5 nitrogen and oxygen atoms in total. The minimum absolute atomic E-state index is 0.770. The lowest BCUT2D eigenvalue weighted by atomic mass is 10.0. The van der Waals surface area contributed by atoms with Gasteiger partial charge in [0.15, 0.2) is 0 Å². The highest BCUT2D eigenvalue weighted by molar-refractivity contribution is 6.72. The number of hydrogen-bond acceptors (Lipinski definition) is 3. The van der Waals surface area contributed by atoms with Gasteiger partial charge in [-0.1, -0.05) is 84.9 Å². The monoisotopic (exact) mass is 667 g/mol. The summed E-state index contributed by atoms with van der Waals surface area (Å²) in [6.45, 7) is 0. The van der Waals surface area contributed by atoms with Crippen LogP contribution in [-0.2, 0) is 0 Å². The SMILES string of the molecule is c1ccc(-n2c3ccccc3c3cc(-c4cc5c(cn4)[SiH2]c4ncc(-c6ccc7c(c6)c6ccccc6n7-c6ccccc6)nc4-5)ccc32)cc1. The van der Waals surface area contributed by atoms with Crippen LogP contribution in [0.4, 0.5) is 0 Å². The Labute approximate surface area is 296 Å². The number of pyridine rings is 1. The van der Waals surface area contributed by atoms with Crippen molar-refractivity contribution in [3.05, 3.63) is 164 Å². The number of aromatic nitrogens is 5. The van der Waals surface area contributed by atoms with E-state index < -0.39 is 9.52 Å². The van der Waals surface area contributed by atoms with Crippen LogP contribution in [0, 0.1) is 0 Å². The summed E-state index contributed by atoms with van der Waals surface area (Å²) < 4.78 is 4.69. The van der Waals surface area contributed by atoms with E-state index in [4.69, 9.17) is 15.0 Å². The molecule has 1 aliphatic rings. The van der Waals surface area contributed by atoms with Gasteiger partial charge in [-0.15, -0.1) is 0 Å². The summed E-state index contributed by atoms with van der Waals surface area (Å²) in [6.07, 6.45) is 4.03. The van der Waals surface area contributed by atoms with Crippen molar-refractivity contribution in [2.45, 2.75) is 0 Å². The maximum absolute atomic E-state index is 5.31. The lowest BCUT2D eigenvalue weighted by molar-refractivity contribution is 1.18. The molecule has 238 valence electrons. The number of benzene rings is 6. The quantitative estimate of drug-likeness (QED) is 0.177. The molecule has 0 fully saturated rings. The van der Waals surface area contributed by atoms with Crippen molar-refractivity contribution in [3.63, 3.8) is 0 Å². The van der Waals surface area contributed by atoms with Gasteiger partial charge in [-0.3, -0.25) is 9.97 Å². The molecule has 0 saturated carbocycles. The van der Waals surface area contributed by atoms with Gasteiger partial charge >= 0.3 is 0 Å². The van der Waals surface area contributed by atoms with Crippen LogP contribution in [0.1, 0.15) is 0 Å². The molecule has 0 N–H and O–H groups in total.